The van der Waals surface area contributed by atoms with Crippen molar-refractivity contribution in [2.24, 2.45) is 0 Å². The molecule has 1 atom stereocenters. The summed E-state index contributed by atoms with van der Waals surface area (Å²) in [7, 11) is -3.67. The van der Waals surface area contributed by atoms with E-state index in [9.17, 15) is 12.8 Å². The van der Waals surface area contributed by atoms with E-state index in [1.807, 2.05) is 24.3 Å². The topological polar surface area (TPSA) is 49.4 Å². The quantitative estimate of drug-likeness (QED) is 0.934. The maximum atomic E-state index is 14.4. The highest BCUT2D eigenvalue weighted by molar-refractivity contribution is 7.87. The molecule has 23 heavy (non-hydrogen) atoms. The number of fused-ring (bicyclic) bond motifs is 1. The van der Waals surface area contributed by atoms with Gasteiger partial charge in [0.1, 0.15) is 5.82 Å². The molecular formula is C17H19FN2O2S. The van der Waals surface area contributed by atoms with Gasteiger partial charge in [-0.2, -0.15) is 12.7 Å². The SMILES string of the molecule is CCNS(=O)(=O)N1CCc2ccccc2C1c1ccccc1F. The molecule has 0 bridgehead atoms. The Balaban J connectivity index is 2.17. The molecule has 0 aromatic heterocycles. The monoisotopic (exact) mass is 334 g/mol. The van der Waals surface area contributed by atoms with E-state index in [1.165, 1.54) is 10.4 Å². The van der Waals surface area contributed by atoms with Crippen LogP contribution in [0.2, 0.25) is 0 Å². The van der Waals surface area contributed by atoms with E-state index in [0.717, 1.165) is 11.1 Å². The van der Waals surface area contributed by atoms with Crippen LogP contribution in [0.1, 0.15) is 29.7 Å². The zero-order chi connectivity index (χ0) is 16.4. The van der Waals surface area contributed by atoms with Gasteiger partial charge in [0.05, 0.1) is 6.04 Å². The van der Waals surface area contributed by atoms with Crippen LogP contribution in [0.4, 0.5) is 4.39 Å². The predicted molar refractivity (Wildman–Crippen MR) is 87.7 cm³/mol. The van der Waals surface area contributed by atoms with Gasteiger partial charge in [-0.25, -0.2) is 9.11 Å². The van der Waals surface area contributed by atoms with Gasteiger partial charge in [-0.1, -0.05) is 49.4 Å². The lowest BCUT2D eigenvalue weighted by Gasteiger charge is -2.36. The molecule has 0 amide bonds. The molecule has 1 N–H and O–H groups in total. The second kappa shape index (κ2) is 6.39. The van der Waals surface area contributed by atoms with Gasteiger partial charge in [0.25, 0.3) is 10.2 Å². The highest BCUT2D eigenvalue weighted by Crippen LogP contribution is 2.37. The highest BCUT2D eigenvalue weighted by Gasteiger charge is 2.37. The van der Waals surface area contributed by atoms with Crippen molar-refractivity contribution in [2.45, 2.75) is 19.4 Å². The summed E-state index contributed by atoms with van der Waals surface area (Å²) in [6, 6.07) is 13.3. The summed E-state index contributed by atoms with van der Waals surface area (Å²) >= 11 is 0. The molecule has 122 valence electrons. The molecule has 0 radical (unpaired) electrons. The van der Waals surface area contributed by atoms with Crippen molar-refractivity contribution in [1.82, 2.24) is 9.03 Å². The molecule has 3 rings (SSSR count). The number of benzene rings is 2. The average molecular weight is 334 g/mol. The van der Waals surface area contributed by atoms with Gasteiger partial charge in [0, 0.05) is 18.7 Å². The Bertz CT molecular complexity index is 808. The van der Waals surface area contributed by atoms with Gasteiger partial charge in [-0.15, -0.1) is 0 Å². The number of halogens is 1. The summed E-state index contributed by atoms with van der Waals surface area (Å²) in [6.45, 7) is 2.35. The minimum absolute atomic E-state index is 0.296. The van der Waals surface area contributed by atoms with E-state index in [0.29, 0.717) is 25.1 Å². The van der Waals surface area contributed by atoms with Crippen molar-refractivity contribution >= 4 is 10.2 Å². The zero-order valence-electron chi connectivity index (χ0n) is 12.9. The zero-order valence-corrected chi connectivity index (χ0v) is 13.7. The van der Waals surface area contributed by atoms with Crippen LogP contribution in [-0.2, 0) is 16.6 Å². The standard InChI is InChI=1S/C17H19FN2O2S/c1-2-19-23(21,22)20-12-11-13-7-3-4-8-14(13)17(20)15-9-5-6-10-16(15)18/h3-10,17,19H,2,11-12H2,1H3. The summed E-state index contributed by atoms with van der Waals surface area (Å²) < 4.78 is 43.4. The summed E-state index contributed by atoms with van der Waals surface area (Å²) in [5.74, 6) is -0.397. The van der Waals surface area contributed by atoms with Crippen molar-refractivity contribution in [3.05, 3.63) is 71.0 Å². The first-order chi connectivity index (χ1) is 11.0. The third-order valence-electron chi connectivity index (χ3n) is 4.07. The van der Waals surface area contributed by atoms with Crippen LogP contribution in [0.3, 0.4) is 0 Å². The molecule has 0 spiro atoms. The predicted octanol–water partition coefficient (Wildman–Crippen LogP) is 2.63. The van der Waals surface area contributed by atoms with E-state index in [1.54, 1.807) is 25.1 Å². The third kappa shape index (κ3) is 3.02. The highest BCUT2D eigenvalue weighted by atomic mass is 32.2. The van der Waals surface area contributed by atoms with Crippen molar-refractivity contribution in [2.75, 3.05) is 13.1 Å². The van der Waals surface area contributed by atoms with Crippen LogP contribution in [-0.4, -0.2) is 25.8 Å². The molecular weight excluding hydrogens is 315 g/mol. The van der Waals surface area contributed by atoms with Gasteiger partial charge in [-0.3, -0.25) is 0 Å². The normalized spacial score (nSPS) is 18.6. The molecule has 0 fully saturated rings. The summed E-state index contributed by atoms with van der Waals surface area (Å²) in [4.78, 5) is 0. The van der Waals surface area contributed by atoms with Crippen LogP contribution in [0.5, 0.6) is 0 Å². The van der Waals surface area contributed by atoms with Crippen molar-refractivity contribution < 1.29 is 12.8 Å². The average Bonchev–Trinajstić information content (AvgIpc) is 2.54. The fraction of sp³-hybridized carbons (Fsp3) is 0.294. The number of hydrogen-bond donors (Lipinski definition) is 1. The molecule has 2 aromatic rings. The van der Waals surface area contributed by atoms with E-state index < -0.39 is 22.1 Å². The van der Waals surface area contributed by atoms with Crippen LogP contribution < -0.4 is 4.72 Å². The van der Waals surface area contributed by atoms with Gasteiger partial charge in [0.2, 0.25) is 0 Å². The molecule has 6 heteroatoms. The van der Waals surface area contributed by atoms with E-state index >= 15 is 0 Å². The second-order valence-corrected chi connectivity index (χ2v) is 7.19. The summed E-state index contributed by atoms with van der Waals surface area (Å²) in [6.07, 6.45) is 0.617. The first-order valence-electron chi connectivity index (χ1n) is 7.63. The van der Waals surface area contributed by atoms with Crippen LogP contribution in [0.25, 0.3) is 0 Å². The fourth-order valence-corrected chi connectivity index (χ4v) is 4.45. The molecule has 1 aliphatic rings. The molecule has 0 saturated carbocycles. The van der Waals surface area contributed by atoms with Gasteiger partial charge in [0.15, 0.2) is 0 Å². The number of nitrogens with one attached hydrogen (secondary N) is 1. The first-order valence-corrected chi connectivity index (χ1v) is 9.07. The molecule has 1 aliphatic heterocycles. The Morgan fingerprint density at radius 2 is 1.78 bits per heavy atom. The van der Waals surface area contributed by atoms with Gasteiger partial charge in [-0.05, 0) is 23.6 Å². The Kier molecular flexibility index (Phi) is 4.48. The van der Waals surface area contributed by atoms with Crippen molar-refractivity contribution in [3.8, 4) is 0 Å². The molecule has 2 aromatic carbocycles. The van der Waals surface area contributed by atoms with Crippen LogP contribution >= 0.6 is 0 Å². The number of rotatable bonds is 4. The maximum absolute atomic E-state index is 14.4. The Hall–Kier alpha value is -1.76. The molecule has 1 heterocycles. The first kappa shape index (κ1) is 16.1. The van der Waals surface area contributed by atoms with Gasteiger partial charge >= 0.3 is 0 Å². The fourth-order valence-electron chi connectivity index (χ4n) is 3.09. The van der Waals surface area contributed by atoms with Crippen LogP contribution in [0.15, 0.2) is 48.5 Å². The molecule has 1 unspecified atom stereocenters. The second-order valence-electron chi connectivity index (χ2n) is 5.49. The minimum Gasteiger partial charge on any atom is -0.207 e. The number of nitrogens with zero attached hydrogens (tertiary/aromatic N) is 1. The van der Waals surface area contributed by atoms with E-state index in [2.05, 4.69) is 4.72 Å². The Morgan fingerprint density at radius 3 is 2.48 bits per heavy atom. The molecule has 0 aliphatic carbocycles. The van der Waals surface area contributed by atoms with E-state index in [4.69, 9.17) is 0 Å². The van der Waals surface area contributed by atoms with Crippen LogP contribution in [0, 0.1) is 5.82 Å². The lowest BCUT2D eigenvalue weighted by Crippen LogP contribution is -2.46. The number of hydrogen-bond acceptors (Lipinski definition) is 2. The Morgan fingerprint density at radius 1 is 1.13 bits per heavy atom. The maximum Gasteiger partial charge on any atom is 0.280 e. The summed E-state index contributed by atoms with van der Waals surface area (Å²) in [5, 5.41) is 0. The minimum atomic E-state index is -3.67. The van der Waals surface area contributed by atoms with Crippen molar-refractivity contribution in [3.63, 3.8) is 0 Å². The van der Waals surface area contributed by atoms with Crippen molar-refractivity contribution in [1.29, 1.82) is 0 Å². The third-order valence-corrected chi connectivity index (χ3v) is 5.74. The summed E-state index contributed by atoms with van der Waals surface area (Å²) in [5.41, 5.74) is 2.27. The largest absolute Gasteiger partial charge is 0.280 e. The molecule has 4 nitrogen and oxygen atoms in total. The van der Waals surface area contributed by atoms with E-state index in [-0.39, 0.29) is 0 Å². The molecule has 0 saturated heterocycles. The Labute approximate surface area is 136 Å². The lowest BCUT2D eigenvalue weighted by molar-refractivity contribution is 0.332. The lowest BCUT2D eigenvalue weighted by atomic mass is 9.90. The smallest absolute Gasteiger partial charge is 0.207 e. The van der Waals surface area contributed by atoms with Gasteiger partial charge < -0.3 is 0 Å².